The van der Waals surface area contributed by atoms with Crippen LogP contribution in [0.1, 0.15) is 69.5 Å². The van der Waals surface area contributed by atoms with Crippen LogP contribution in [-0.4, -0.2) is 0 Å². The highest BCUT2D eigenvalue weighted by molar-refractivity contribution is 5.99. The predicted octanol–water partition coefficient (Wildman–Crippen LogP) is 17.9. The lowest BCUT2D eigenvalue weighted by Gasteiger charge is -2.34. The lowest BCUT2D eigenvalue weighted by molar-refractivity contribution is 0.660. The third kappa shape index (κ3) is 5.83. The van der Waals surface area contributed by atoms with Crippen molar-refractivity contribution in [2.75, 3.05) is 4.90 Å². The number of rotatable bonds is 8. The van der Waals surface area contributed by atoms with Gasteiger partial charge in [-0.25, -0.2) is 0 Å². The molecule has 1 heteroatoms. The molecule has 0 aliphatic heterocycles. The van der Waals surface area contributed by atoms with Gasteiger partial charge >= 0.3 is 0 Å². The second-order valence-electron chi connectivity index (χ2n) is 20.3. The first-order valence-corrected chi connectivity index (χ1v) is 25.3. The zero-order valence-electron chi connectivity index (χ0n) is 40.4. The molecule has 0 saturated heterocycles. The highest BCUT2D eigenvalue weighted by atomic mass is 15.1. The van der Waals surface area contributed by atoms with Crippen LogP contribution in [0.3, 0.4) is 0 Å². The van der Waals surface area contributed by atoms with Crippen molar-refractivity contribution in [2.24, 2.45) is 0 Å². The summed E-state index contributed by atoms with van der Waals surface area (Å²) in [6.07, 6.45) is 0. The summed E-state index contributed by atoms with van der Waals surface area (Å²) in [5.74, 6) is 0. The molecule has 0 radical (unpaired) electrons. The van der Waals surface area contributed by atoms with Gasteiger partial charge in [-0.05, 0) is 125 Å². The maximum absolute atomic E-state index is 2.53. The Bertz CT molecular complexity index is 3790. The molecule has 0 aromatic heterocycles. The number of anilines is 3. The summed E-state index contributed by atoms with van der Waals surface area (Å²) in [5.41, 5.74) is 25.3. The number of fused-ring (bicyclic) bond motifs is 9. The maximum atomic E-state index is 2.53. The average Bonchev–Trinajstić information content (AvgIpc) is 4.02. The molecule has 0 bridgehead atoms. The van der Waals surface area contributed by atoms with Crippen LogP contribution in [0.4, 0.5) is 17.1 Å². The van der Waals surface area contributed by atoms with Crippen molar-refractivity contribution in [2.45, 2.75) is 30.1 Å². The lowest BCUT2D eigenvalue weighted by Crippen LogP contribution is -2.28. The SMILES string of the molecule is CC1(C)c2ccccc2-c2ccc(N(c3ccc(-c4cccc5c4-c4ccccc4C5(c4ccccc4)c4ccccc4)cc3)c3cccc4c3-c3ccccc3C4(c3ccccc3)c3ccccc3)cc21. The summed E-state index contributed by atoms with van der Waals surface area (Å²) >= 11 is 0. The molecule has 1 nitrogen and oxygen atoms in total. The number of hydrogen-bond donors (Lipinski definition) is 0. The van der Waals surface area contributed by atoms with E-state index in [2.05, 4.69) is 292 Å². The molecule has 0 heterocycles. The van der Waals surface area contributed by atoms with E-state index in [0.29, 0.717) is 0 Å². The Hall–Kier alpha value is -8.78. The van der Waals surface area contributed by atoms with Crippen LogP contribution >= 0.6 is 0 Å². The van der Waals surface area contributed by atoms with Gasteiger partial charge in [-0.15, -0.1) is 0 Å². The molecule has 14 rings (SSSR count). The standard InChI is InChI=1S/C71H51N/c1-69(2)60-35-18-15-31-56(60)57-46-45-54(47-65(57)69)72(66-40-22-39-64-68(66)59-33-17-20-37-62(59)71(64,51-27-11-5-12-28-51)52-29-13-6-14-30-52)53-43-41-48(42-44-53)55-34-21-38-63-67(55)58-32-16-19-36-61(58)70(63,49-23-7-3-8-24-49)50-25-9-4-10-26-50/h3-47H,1-2H3. The van der Waals surface area contributed by atoms with Crippen molar-refractivity contribution in [1.29, 1.82) is 0 Å². The molecule has 0 atom stereocenters. The van der Waals surface area contributed by atoms with Crippen molar-refractivity contribution in [1.82, 2.24) is 0 Å². The average molecular weight is 918 g/mol. The first-order chi connectivity index (χ1) is 35.5. The first-order valence-electron chi connectivity index (χ1n) is 25.3. The Morgan fingerprint density at radius 1 is 0.264 bits per heavy atom. The minimum atomic E-state index is -0.528. The number of hydrogen-bond acceptors (Lipinski definition) is 1. The smallest absolute Gasteiger partial charge is 0.0714 e. The molecule has 11 aromatic carbocycles. The van der Waals surface area contributed by atoms with Crippen molar-refractivity contribution in [3.63, 3.8) is 0 Å². The van der Waals surface area contributed by atoms with E-state index in [1.54, 1.807) is 0 Å². The highest BCUT2D eigenvalue weighted by Crippen LogP contribution is 2.61. The molecular weight excluding hydrogens is 867 g/mol. The summed E-state index contributed by atoms with van der Waals surface area (Å²) < 4.78 is 0. The number of nitrogens with zero attached hydrogens (tertiary/aromatic N) is 1. The Labute approximate surface area is 423 Å². The van der Waals surface area contributed by atoms with Crippen LogP contribution in [0.5, 0.6) is 0 Å². The molecular formula is C71H51N. The molecule has 3 aliphatic carbocycles. The molecule has 0 unspecified atom stereocenters. The van der Waals surface area contributed by atoms with Crippen molar-refractivity contribution < 1.29 is 0 Å². The quantitative estimate of drug-likeness (QED) is 0.147. The van der Waals surface area contributed by atoms with Crippen LogP contribution in [0.15, 0.2) is 273 Å². The third-order valence-electron chi connectivity index (χ3n) is 16.4. The van der Waals surface area contributed by atoms with Crippen LogP contribution < -0.4 is 4.90 Å². The van der Waals surface area contributed by atoms with Crippen LogP contribution in [0, 0.1) is 0 Å². The van der Waals surface area contributed by atoms with Crippen LogP contribution in [0.2, 0.25) is 0 Å². The Morgan fingerprint density at radius 3 is 1.19 bits per heavy atom. The Morgan fingerprint density at radius 2 is 0.653 bits per heavy atom. The monoisotopic (exact) mass is 917 g/mol. The normalized spacial score (nSPS) is 14.6. The van der Waals surface area contributed by atoms with Gasteiger partial charge in [0.2, 0.25) is 0 Å². The Balaban J connectivity index is 0.991. The topological polar surface area (TPSA) is 3.24 Å². The maximum Gasteiger partial charge on any atom is 0.0714 e. The molecule has 11 aromatic rings. The van der Waals surface area contributed by atoms with E-state index in [-0.39, 0.29) is 5.41 Å². The van der Waals surface area contributed by atoms with Gasteiger partial charge < -0.3 is 4.90 Å². The van der Waals surface area contributed by atoms with Gasteiger partial charge in [0, 0.05) is 22.4 Å². The van der Waals surface area contributed by atoms with Gasteiger partial charge in [-0.1, -0.05) is 257 Å². The summed E-state index contributed by atoms with van der Waals surface area (Å²) in [5, 5.41) is 0. The van der Waals surface area contributed by atoms with E-state index in [4.69, 9.17) is 0 Å². The molecule has 3 aliphatic rings. The fraction of sp³-hybridized carbons (Fsp3) is 0.0704. The van der Waals surface area contributed by atoms with E-state index in [1.165, 1.54) is 100 Å². The van der Waals surface area contributed by atoms with E-state index in [9.17, 15) is 0 Å². The van der Waals surface area contributed by atoms with Gasteiger partial charge in [0.05, 0.1) is 16.5 Å². The van der Waals surface area contributed by atoms with E-state index in [0.717, 1.165) is 17.1 Å². The largest absolute Gasteiger partial charge is 0.310 e. The van der Waals surface area contributed by atoms with E-state index in [1.807, 2.05) is 0 Å². The first kappa shape index (κ1) is 42.1. The zero-order valence-corrected chi connectivity index (χ0v) is 40.4. The number of benzene rings is 11. The Kier molecular flexibility index (Phi) is 9.44. The van der Waals surface area contributed by atoms with Gasteiger partial charge in [-0.2, -0.15) is 0 Å². The van der Waals surface area contributed by atoms with Gasteiger partial charge in [0.1, 0.15) is 0 Å². The molecule has 72 heavy (non-hydrogen) atoms. The highest BCUT2D eigenvalue weighted by Gasteiger charge is 2.49. The molecule has 0 N–H and O–H groups in total. The minimum Gasteiger partial charge on any atom is -0.310 e. The van der Waals surface area contributed by atoms with Crippen molar-refractivity contribution in [3.05, 3.63) is 329 Å². The predicted molar refractivity (Wildman–Crippen MR) is 299 cm³/mol. The molecule has 340 valence electrons. The summed E-state index contributed by atoms with van der Waals surface area (Å²) in [6.45, 7) is 4.76. The van der Waals surface area contributed by atoms with Gasteiger partial charge in [0.15, 0.2) is 0 Å². The zero-order chi connectivity index (χ0) is 48.0. The van der Waals surface area contributed by atoms with Crippen molar-refractivity contribution in [3.8, 4) is 44.5 Å². The van der Waals surface area contributed by atoms with Crippen LogP contribution in [-0.2, 0) is 16.2 Å². The minimum absolute atomic E-state index is 0.169. The third-order valence-corrected chi connectivity index (χ3v) is 16.4. The molecule has 0 fully saturated rings. The van der Waals surface area contributed by atoms with Crippen molar-refractivity contribution >= 4 is 17.1 Å². The summed E-state index contributed by atoms with van der Waals surface area (Å²) in [6, 6.07) is 102. The van der Waals surface area contributed by atoms with Gasteiger partial charge in [0.25, 0.3) is 0 Å². The van der Waals surface area contributed by atoms with E-state index >= 15 is 0 Å². The second kappa shape index (κ2) is 16.1. The summed E-state index contributed by atoms with van der Waals surface area (Å²) in [4.78, 5) is 2.53. The van der Waals surface area contributed by atoms with Gasteiger partial charge in [-0.3, -0.25) is 0 Å². The van der Waals surface area contributed by atoms with Crippen LogP contribution in [0.25, 0.3) is 44.5 Å². The fourth-order valence-corrected chi connectivity index (χ4v) is 13.4. The lowest BCUT2D eigenvalue weighted by atomic mass is 9.67. The molecule has 0 amide bonds. The molecule has 0 saturated carbocycles. The fourth-order valence-electron chi connectivity index (χ4n) is 13.4. The summed E-state index contributed by atoms with van der Waals surface area (Å²) in [7, 11) is 0. The van der Waals surface area contributed by atoms with E-state index < -0.39 is 10.8 Å². The second-order valence-corrected chi connectivity index (χ2v) is 20.3. The molecule has 0 spiro atoms.